The second-order valence-electron chi connectivity index (χ2n) is 5.70. The summed E-state index contributed by atoms with van der Waals surface area (Å²) in [6.45, 7) is 5.86. The Morgan fingerprint density at radius 2 is 2.05 bits per heavy atom. The van der Waals surface area contributed by atoms with Gasteiger partial charge in [0, 0.05) is 10.8 Å². The van der Waals surface area contributed by atoms with Crippen LogP contribution in [0.4, 0.5) is 5.13 Å². The summed E-state index contributed by atoms with van der Waals surface area (Å²) in [5.74, 6) is 0. The summed E-state index contributed by atoms with van der Waals surface area (Å²) >= 11 is 1.26. The van der Waals surface area contributed by atoms with Gasteiger partial charge in [0.15, 0.2) is 5.13 Å². The standard InChI is InChI=1S/C14H18N2O3S2/c1-14(2,3)12-9-20-13(15-12)16-21(18,19)11-6-4-5-10(7-11)8-17/h4-7,9,17H,8H2,1-3H3,(H,15,16). The maximum atomic E-state index is 12.3. The third-order valence-electron chi connectivity index (χ3n) is 2.89. The zero-order chi connectivity index (χ0) is 15.7. The number of thiazole rings is 1. The van der Waals surface area contributed by atoms with Crippen LogP contribution in [0.3, 0.4) is 0 Å². The van der Waals surface area contributed by atoms with Crippen LogP contribution in [-0.4, -0.2) is 18.5 Å². The van der Waals surface area contributed by atoms with Crippen molar-refractivity contribution < 1.29 is 13.5 Å². The Bertz CT molecular complexity index is 731. The summed E-state index contributed by atoms with van der Waals surface area (Å²) < 4.78 is 27.1. The van der Waals surface area contributed by atoms with Gasteiger partial charge < -0.3 is 5.11 Å². The first kappa shape index (κ1) is 15.9. The van der Waals surface area contributed by atoms with E-state index in [2.05, 4.69) is 9.71 Å². The quantitative estimate of drug-likeness (QED) is 0.905. The Kier molecular flexibility index (Phi) is 4.36. The van der Waals surface area contributed by atoms with Gasteiger partial charge in [-0.1, -0.05) is 32.9 Å². The molecule has 0 aliphatic rings. The molecule has 0 saturated carbocycles. The molecule has 7 heteroatoms. The lowest BCUT2D eigenvalue weighted by atomic mass is 9.93. The van der Waals surface area contributed by atoms with Gasteiger partial charge in [0.05, 0.1) is 17.2 Å². The molecule has 1 aromatic heterocycles. The van der Waals surface area contributed by atoms with Crippen molar-refractivity contribution in [2.75, 3.05) is 4.72 Å². The molecule has 0 radical (unpaired) electrons. The Morgan fingerprint density at radius 3 is 2.62 bits per heavy atom. The topological polar surface area (TPSA) is 79.3 Å². The van der Waals surface area contributed by atoms with Gasteiger partial charge in [0.1, 0.15) is 0 Å². The van der Waals surface area contributed by atoms with Gasteiger partial charge in [-0.2, -0.15) is 0 Å². The van der Waals surface area contributed by atoms with Gasteiger partial charge >= 0.3 is 0 Å². The highest BCUT2D eigenvalue weighted by atomic mass is 32.2. The van der Waals surface area contributed by atoms with Gasteiger partial charge in [-0.25, -0.2) is 13.4 Å². The predicted molar refractivity (Wildman–Crippen MR) is 84.0 cm³/mol. The van der Waals surface area contributed by atoms with E-state index in [0.717, 1.165) is 5.69 Å². The molecule has 2 aromatic rings. The molecule has 0 fully saturated rings. The van der Waals surface area contributed by atoms with E-state index in [0.29, 0.717) is 10.7 Å². The normalized spacial score (nSPS) is 12.4. The largest absolute Gasteiger partial charge is 0.392 e. The lowest BCUT2D eigenvalue weighted by Crippen LogP contribution is -2.15. The van der Waals surface area contributed by atoms with Gasteiger partial charge in [0.25, 0.3) is 10.0 Å². The molecule has 0 amide bonds. The fraction of sp³-hybridized carbons (Fsp3) is 0.357. The molecular weight excluding hydrogens is 308 g/mol. The molecule has 0 aliphatic carbocycles. The Hall–Kier alpha value is -1.44. The van der Waals surface area contributed by atoms with E-state index in [1.807, 2.05) is 26.2 Å². The Morgan fingerprint density at radius 1 is 1.33 bits per heavy atom. The third-order valence-corrected chi connectivity index (χ3v) is 5.11. The predicted octanol–water partition coefficient (Wildman–Crippen LogP) is 2.73. The van der Waals surface area contributed by atoms with E-state index in [1.54, 1.807) is 12.1 Å². The summed E-state index contributed by atoms with van der Waals surface area (Å²) in [7, 11) is -3.69. The summed E-state index contributed by atoms with van der Waals surface area (Å²) in [6.07, 6.45) is 0. The van der Waals surface area contributed by atoms with Crippen LogP contribution in [0.1, 0.15) is 32.0 Å². The summed E-state index contributed by atoms with van der Waals surface area (Å²) in [5.41, 5.74) is 1.26. The number of nitrogens with one attached hydrogen (secondary N) is 1. The van der Waals surface area contributed by atoms with E-state index in [1.165, 1.54) is 23.5 Å². The summed E-state index contributed by atoms with van der Waals surface area (Å²) in [4.78, 5) is 4.43. The van der Waals surface area contributed by atoms with Crippen LogP contribution < -0.4 is 4.72 Å². The minimum absolute atomic E-state index is 0.113. The highest BCUT2D eigenvalue weighted by molar-refractivity contribution is 7.93. The number of aliphatic hydroxyl groups excluding tert-OH is 1. The Balaban J connectivity index is 2.27. The highest BCUT2D eigenvalue weighted by Crippen LogP contribution is 2.27. The van der Waals surface area contributed by atoms with Gasteiger partial charge in [-0.15, -0.1) is 11.3 Å². The first-order valence-corrected chi connectivity index (χ1v) is 8.77. The van der Waals surface area contributed by atoms with E-state index in [-0.39, 0.29) is 16.9 Å². The molecule has 1 aromatic carbocycles. The number of aliphatic hydroxyl groups is 1. The smallest absolute Gasteiger partial charge is 0.263 e. The summed E-state index contributed by atoms with van der Waals surface area (Å²) in [5, 5.41) is 11.3. The van der Waals surface area contributed by atoms with Crippen LogP contribution in [0.15, 0.2) is 34.5 Å². The minimum Gasteiger partial charge on any atom is -0.392 e. The third kappa shape index (κ3) is 3.81. The minimum atomic E-state index is -3.69. The van der Waals surface area contributed by atoms with E-state index in [4.69, 9.17) is 5.11 Å². The van der Waals surface area contributed by atoms with Crippen LogP contribution in [-0.2, 0) is 22.0 Å². The van der Waals surface area contributed by atoms with Crippen LogP contribution in [0.2, 0.25) is 0 Å². The van der Waals surface area contributed by atoms with Crippen molar-refractivity contribution in [3.8, 4) is 0 Å². The molecule has 0 aliphatic heterocycles. The number of hydrogen-bond acceptors (Lipinski definition) is 5. The molecule has 2 N–H and O–H groups in total. The number of benzene rings is 1. The lowest BCUT2D eigenvalue weighted by molar-refractivity contribution is 0.281. The number of sulfonamides is 1. The van der Waals surface area contributed by atoms with Crippen LogP contribution in [0.25, 0.3) is 0 Å². The van der Waals surface area contributed by atoms with Crippen molar-refractivity contribution in [3.63, 3.8) is 0 Å². The maximum absolute atomic E-state index is 12.3. The summed E-state index contributed by atoms with van der Waals surface area (Å²) in [6, 6.07) is 6.20. The van der Waals surface area contributed by atoms with Gasteiger partial charge in [-0.05, 0) is 17.7 Å². The molecule has 0 saturated heterocycles. The molecular formula is C14H18N2O3S2. The first-order chi connectivity index (χ1) is 9.72. The van der Waals surface area contributed by atoms with Crippen LogP contribution in [0.5, 0.6) is 0 Å². The van der Waals surface area contributed by atoms with Crippen LogP contribution >= 0.6 is 11.3 Å². The Labute approximate surface area is 128 Å². The van der Waals surface area contributed by atoms with Crippen molar-refractivity contribution in [1.82, 2.24) is 4.98 Å². The molecule has 2 rings (SSSR count). The SMILES string of the molecule is CC(C)(C)c1csc(NS(=O)(=O)c2cccc(CO)c2)n1. The second-order valence-corrected chi connectivity index (χ2v) is 8.24. The monoisotopic (exact) mass is 326 g/mol. The molecule has 5 nitrogen and oxygen atoms in total. The van der Waals surface area contributed by atoms with Crippen molar-refractivity contribution in [1.29, 1.82) is 0 Å². The molecule has 0 bridgehead atoms. The fourth-order valence-corrected chi connectivity index (χ4v) is 3.91. The van der Waals surface area contributed by atoms with Crippen LogP contribution in [0, 0.1) is 0 Å². The lowest BCUT2D eigenvalue weighted by Gasteiger charge is -2.14. The molecule has 1 heterocycles. The zero-order valence-electron chi connectivity index (χ0n) is 12.1. The maximum Gasteiger partial charge on any atom is 0.263 e. The fourth-order valence-electron chi connectivity index (χ4n) is 1.65. The number of anilines is 1. The zero-order valence-corrected chi connectivity index (χ0v) is 13.8. The van der Waals surface area contributed by atoms with Gasteiger partial charge in [0.2, 0.25) is 0 Å². The number of aromatic nitrogens is 1. The molecule has 0 unspecified atom stereocenters. The number of hydrogen-bond donors (Lipinski definition) is 2. The van der Waals surface area contributed by atoms with Crippen molar-refractivity contribution >= 4 is 26.5 Å². The second kappa shape index (κ2) is 5.75. The molecule has 0 atom stereocenters. The van der Waals surface area contributed by atoms with Crippen molar-refractivity contribution in [3.05, 3.63) is 40.9 Å². The van der Waals surface area contributed by atoms with E-state index >= 15 is 0 Å². The molecule has 21 heavy (non-hydrogen) atoms. The van der Waals surface area contributed by atoms with Crippen molar-refractivity contribution in [2.45, 2.75) is 37.7 Å². The average Bonchev–Trinajstić information content (AvgIpc) is 2.86. The number of rotatable bonds is 4. The van der Waals surface area contributed by atoms with Crippen molar-refractivity contribution in [2.24, 2.45) is 0 Å². The van der Waals surface area contributed by atoms with E-state index in [9.17, 15) is 8.42 Å². The highest BCUT2D eigenvalue weighted by Gasteiger charge is 2.20. The molecule has 114 valence electrons. The number of nitrogens with zero attached hydrogens (tertiary/aromatic N) is 1. The van der Waals surface area contributed by atoms with E-state index < -0.39 is 10.0 Å². The van der Waals surface area contributed by atoms with Gasteiger partial charge in [-0.3, -0.25) is 4.72 Å². The first-order valence-electron chi connectivity index (χ1n) is 6.41. The average molecular weight is 326 g/mol. The molecule has 0 spiro atoms.